The number of ether oxygens (including phenoxy) is 1. The van der Waals surface area contributed by atoms with Crippen LogP contribution in [-0.2, 0) is 14.8 Å². The van der Waals surface area contributed by atoms with E-state index in [2.05, 4.69) is 9.62 Å². The molecule has 1 atom stereocenters. The third-order valence-electron chi connectivity index (χ3n) is 3.15. The van der Waals surface area contributed by atoms with Gasteiger partial charge in [0.25, 0.3) is 0 Å². The van der Waals surface area contributed by atoms with E-state index in [1.165, 1.54) is 12.1 Å². The van der Waals surface area contributed by atoms with Crippen molar-refractivity contribution in [3.05, 3.63) is 22.2 Å². The molecule has 9 heteroatoms. The largest absolute Gasteiger partial charge is 0.398 e. The summed E-state index contributed by atoms with van der Waals surface area (Å²) in [4.78, 5) is 1.92. The van der Waals surface area contributed by atoms with Gasteiger partial charge in [0.2, 0.25) is 10.0 Å². The van der Waals surface area contributed by atoms with Crippen LogP contribution >= 0.6 is 23.2 Å². The molecular formula is C12H17Cl2N3O3S. The topological polar surface area (TPSA) is 84.7 Å². The highest BCUT2D eigenvalue weighted by Gasteiger charge is 2.25. The highest BCUT2D eigenvalue weighted by Crippen LogP contribution is 2.30. The van der Waals surface area contributed by atoms with Crippen LogP contribution in [0, 0.1) is 0 Å². The highest BCUT2D eigenvalue weighted by atomic mass is 35.5. The SMILES string of the molecule is CN1CCOC(CNS(=O)(=O)c2c(N)cc(Cl)cc2Cl)C1. The summed E-state index contributed by atoms with van der Waals surface area (Å²) in [6.07, 6.45) is -0.203. The van der Waals surface area contributed by atoms with Crippen LogP contribution in [0.4, 0.5) is 5.69 Å². The molecule has 3 N–H and O–H groups in total. The Labute approximate surface area is 134 Å². The summed E-state index contributed by atoms with van der Waals surface area (Å²) in [5.74, 6) is 0. The number of nitrogens with two attached hydrogens (primary N) is 1. The van der Waals surface area contributed by atoms with E-state index in [0.29, 0.717) is 13.2 Å². The van der Waals surface area contributed by atoms with E-state index < -0.39 is 10.0 Å². The number of hydrogen-bond acceptors (Lipinski definition) is 5. The van der Waals surface area contributed by atoms with Crippen LogP contribution < -0.4 is 10.5 Å². The minimum Gasteiger partial charge on any atom is -0.398 e. The van der Waals surface area contributed by atoms with E-state index in [-0.39, 0.29) is 33.3 Å². The smallest absolute Gasteiger partial charge is 0.244 e. The van der Waals surface area contributed by atoms with Crippen molar-refractivity contribution in [2.75, 3.05) is 39.0 Å². The molecule has 21 heavy (non-hydrogen) atoms. The minimum atomic E-state index is -3.82. The van der Waals surface area contributed by atoms with Gasteiger partial charge in [-0.1, -0.05) is 23.2 Å². The fourth-order valence-electron chi connectivity index (χ4n) is 2.13. The van der Waals surface area contributed by atoms with Gasteiger partial charge in [-0.2, -0.15) is 0 Å². The van der Waals surface area contributed by atoms with Crippen molar-refractivity contribution in [2.24, 2.45) is 0 Å². The molecule has 0 spiro atoms. The number of halogens is 2. The molecule has 0 bridgehead atoms. The molecule has 0 saturated carbocycles. The monoisotopic (exact) mass is 353 g/mol. The van der Waals surface area contributed by atoms with Gasteiger partial charge in [-0.25, -0.2) is 13.1 Å². The molecule has 0 radical (unpaired) electrons. The fourth-order valence-corrected chi connectivity index (χ4v) is 4.18. The van der Waals surface area contributed by atoms with E-state index in [0.717, 1.165) is 6.54 Å². The first kappa shape index (κ1) is 16.8. The van der Waals surface area contributed by atoms with Crippen LogP contribution in [0.25, 0.3) is 0 Å². The molecule has 1 heterocycles. The van der Waals surface area contributed by atoms with Gasteiger partial charge >= 0.3 is 0 Å². The van der Waals surface area contributed by atoms with Gasteiger partial charge in [0.05, 0.1) is 23.4 Å². The molecule has 1 fully saturated rings. The van der Waals surface area contributed by atoms with Crippen molar-refractivity contribution >= 4 is 38.9 Å². The van der Waals surface area contributed by atoms with Crippen LogP contribution in [0.2, 0.25) is 10.0 Å². The molecule has 1 aromatic rings. The highest BCUT2D eigenvalue weighted by molar-refractivity contribution is 7.89. The van der Waals surface area contributed by atoms with Crippen LogP contribution in [0.3, 0.4) is 0 Å². The maximum atomic E-state index is 12.3. The number of anilines is 1. The van der Waals surface area contributed by atoms with Crippen molar-refractivity contribution in [3.63, 3.8) is 0 Å². The Morgan fingerprint density at radius 2 is 2.19 bits per heavy atom. The molecule has 0 aliphatic carbocycles. The summed E-state index contributed by atoms with van der Waals surface area (Å²) >= 11 is 11.7. The van der Waals surface area contributed by atoms with Crippen molar-refractivity contribution in [3.8, 4) is 0 Å². The van der Waals surface area contributed by atoms with Gasteiger partial charge in [0, 0.05) is 24.7 Å². The Balaban J connectivity index is 2.12. The molecule has 118 valence electrons. The Hall–Kier alpha value is -0.570. The fraction of sp³-hybridized carbons (Fsp3) is 0.500. The number of sulfonamides is 1. The molecular weight excluding hydrogens is 337 g/mol. The molecule has 6 nitrogen and oxygen atoms in total. The summed E-state index contributed by atoms with van der Waals surface area (Å²) in [5, 5.41) is 0.280. The summed E-state index contributed by atoms with van der Waals surface area (Å²) in [6.45, 7) is 2.23. The average molecular weight is 354 g/mol. The molecule has 1 aliphatic rings. The summed E-state index contributed by atoms with van der Waals surface area (Å²) < 4.78 is 32.6. The first-order valence-corrected chi connectivity index (χ1v) is 8.58. The lowest BCUT2D eigenvalue weighted by Crippen LogP contribution is -2.45. The van der Waals surface area contributed by atoms with Crippen molar-refractivity contribution in [2.45, 2.75) is 11.0 Å². The van der Waals surface area contributed by atoms with Crippen molar-refractivity contribution in [1.82, 2.24) is 9.62 Å². The second kappa shape index (κ2) is 6.68. The number of likely N-dealkylation sites (N-methyl/N-ethyl adjacent to an activating group) is 1. The van der Waals surface area contributed by atoms with Gasteiger partial charge in [0.15, 0.2) is 0 Å². The predicted molar refractivity (Wildman–Crippen MR) is 83.3 cm³/mol. The van der Waals surface area contributed by atoms with Crippen molar-refractivity contribution in [1.29, 1.82) is 0 Å². The lowest BCUT2D eigenvalue weighted by molar-refractivity contribution is -0.0156. The summed E-state index contributed by atoms with van der Waals surface area (Å²) in [5.41, 5.74) is 5.73. The van der Waals surface area contributed by atoms with E-state index in [4.69, 9.17) is 33.7 Å². The van der Waals surface area contributed by atoms with Gasteiger partial charge in [-0.05, 0) is 19.2 Å². The lowest BCUT2D eigenvalue weighted by atomic mass is 10.3. The number of nitrogens with one attached hydrogen (secondary N) is 1. The number of nitrogens with zero attached hydrogens (tertiary/aromatic N) is 1. The number of rotatable bonds is 4. The van der Waals surface area contributed by atoms with Gasteiger partial charge in [0.1, 0.15) is 4.90 Å². The molecule has 1 unspecified atom stereocenters. The Morgan fingerprint density at radius 1 is 1.48 bits per heavy atom. The number of hydrogen-bond donors (Lipinski definition) is 2. The molecule has 2 rings (SSSR count). The maximum Gasteiger partial charge on any atom is 0.244 e. The standard InChI is InChI=1S/C12H17Cl2N3O3S/c1-17-2-3-20-9(7-17)6-16-21(18,19)12-10(14)4-8(13)5-11(12)15/h4-5,9,16H,2-3,6-7,15H2,1H3. The molecule has 1 aliphatic heterocycles. The Kier molecular flexibility index (Phi) is 5.34. The van der Waals surface area contributed by atoms with Gasteiger partial charge < -0.3 is 15.4 Å². The van der Waals surface area contributed by atoms with E-state index in [1.807, 2.05) is 7.05 Å². The van der Waals surface area contributed by atoms with Crippen LogP contribution in [-0.4, -0.2) is 52.7 Å². The zero-order valence-electron chi connectivity index (χ0n) is 11.5. The Morgan fingerprint density at radius 3 is 2.81 bits per heavy atom. The maximum absolute atomic E-state index is 12.3. The first-order chi connectivity index (χ1) is 9.79. The van der Waals surface area contributed by atoms with E-state index in [9.17, 15) is 8.42 Å². The first-order valence-electron chi connectivity index (χ1n) is 6.34. The average Bonchev–Trinajstić information content (AvgIpc) is 2.35. The van der Waals surface area contributed by atoms with Crippen LogP contribution in [0.15, 0.2) is 17.0 Å². The van der Waals surface area contributed by atoms with E-state index in [1.54, 1.807) is 0 Å². The molecule has 0 amide bonds. The normalized spacial score (nSPS) is 20.6. The minimum absolute atomic E-state index is 0.00539. The third-order valence-corrected chi connectivity index (χ3v) is 5.32. The third kappa shape index (κ3) is 4.21. The van der Waals surface area contributed by atoms with Gasteiger partial charge in [-0.15, -0.1) is 0 Å². The van der Waals surface area contributed by atoms with E-state index >= 15 is 0 Å². The number of benzene rings is 1. The summed E-state index contributed by atoms with van der Waals surface area (Å²) in [7, 11) is -1.86. The molecule has 0 aromatic heterocycles. The number of morpholine rings is 1. The van der Waals surface area contributed by atoms with Crippen molar-refractivity contribution < 1.29 is 13.2 Å². The zero-order valence-corrected chi connectivity index (χ0v) is 13.8. The molecule has 1 saturated heterocycles. The van der Waals surface area contributed by atoms with Crippen LogP contribution in [0.5, 0.6) is 0 Å². The predicted octanol–water partition coefficient (Wildman–Crippen LogP) is 1.18. The Bertz CT molecular complexity index is 601. The quantitative estimate of drug-likeness (QED) is 0.794. The number of nitrogen functional groups attached to an aromatic ring is 1. The van der Waals surface area contributed by atoms with Gasteiger partial charge in [-0.3, -0.25) is 0 Å². The van der Waals surface area contributed by atoms with Crippen LogP contribution in [0.1, 0.15) is 0 Å². The zero-order chi connectivity index (χ0) is 15.6. The second-order valence-electron chi connectivity index (χ2n) is 4.91. The second-order valence-corrected chi connectivity index (χ2v) is 7.46. The molecule has 1 aromatic carbocycles. The lowest BCUT2D eigenvalue weighted by Gasteiger charge is -2.30. The summed E-state index contributed by atoms with van der Waals surface area (Å²) in [6, 6.07) is 2.70.